The lowest BCUT2D eigenvalue weighted by Gasteiger charge is -2.08. The van der Waals surface area contributed by atoms with E-state index < -0.39 is 0 Å². The third-order valence-electron chi connectivity index (χ3n) is 4.20. The van der Waals surface area contributed by atoms with E-state index in [-0.39, 0.29) is 12.3 Å². The molecular formula is C20H19N5O4. The van der Waals surface area contributed by atoms with Gasteiger partial charge in [-0.15, -0.1) is 0 Å². The minimum Gasteiger partial charge on any atom is -0.486 e. The Morgan fingerprint density at radius 3 is 2.83 bits per heavy atom. The molecule has 148 valence electrons. The number of carbonyl (C=O) groups excluding carboxylic acids is 1. The summed E-state index contributed by atoms with van der Waals surface area (Å²) in [5.74, 6) is 2.65. The second kappa shape index (κ2) is 8.42. The zero-order valence-electron chi connectivity index (χ0n) is 15.7. The van der Waals surface area contributed by atoms with Gasteiger partial charge in [-0.25, -0.2) is 4.98 Å². The molecule has 0 saturated heterocycles. The number of nitrogens with one attached hydrogen (secondary N) is 1. The van der Waals surface area contributed by atoms with E-state index in [0.717, 1.165) is 5.82 Å². The highest BCUT2D eigenvalue weighted by molar-refractivity contribution is 5.90. The molecule has 0 fully saturated rings. The van der Waals surface area contributed by atoms with Gasteiger partial charge in [0.2, 0.25) is 17.6 Å². The van der Waals surface area contributed by atoms with E-state index in [1.165, 1.54) is 6.26 Å². The normalized spacial score (nSPS) is 10.8. The fraction of sp³-hybridized carbons (Fsp3) is 0.200. The first kappa shape index (κ1) is 18.5. The van der Waals surface area contributed by atoms with Gasteiger partial charge in [-0.2, -0.15) is 4.98 Å². The maximum Gasteiger partial charge on any atom is 0.238 e. The smallest absolute Gasteiger partial charge is 0.238 e. The van der Waals surface area contributed by atoms with Crippen LogP contribution in [0.5, 0.6) is 5.75 Å². The van der Waals surface area contributed by atoms with E-state index in [4.69, 9.17) is 13.7 Å². The Kier molecular flexibility index (Phi) is 5.37. The average Bonchev–Trinajstić information content (AvgIpc) is 3.48. The number of hydrogen-bond acceptors (Lipinski definition) is 7. The number of imidazole rings is 1. The Labute approximate surface area is 166 Å². The van der Waals surface area contributed by atoms with Crippen LogP contribution < -0.4 is 10.1 Å². The summed E-state index contributed by atoms with van der Waals surface area (Å²) in [5.41, 5.74) is 0.682. The molecule has 0 aliphatic heterocycles. The number of rotatable bonds is 8. The van der Waals surface area contributed by atoms with Gasteiger partial charge in [0.05, 0.1) is 6.26 Å². The van der Waals surface area contributed by atoms with E-state index in [2.05, 4.69) is 20.4 Å². The molecule has 3 aromatic heterocycles. The van der Waals surface area contributed by atoms with Crippen LogP contribution in [0, 0.1) is 0 Å². The van der Waals surface area contributed by atoms with Crippen LogP contribution >= 0.6 is 0 Å². The van der Waals surface area contributed by atoms with E-state index in [9.17, 15) is 4.79 Å². The Morgan fingerprint density at radius 1 is 1.24 bits per heavy atom. The number of ether oxygens (including phenoxy) is 1. The van der Waals surface area contributed by atoms with Gasteiger partial charge < -0.3 is 23.6 Å². The van der Waals surface area contributed by atoms with Gasteiger partial charge in [0.15, 0.2) is 5.76 Å². The number of hydrogen-bond donors (Lipinski definition) is 1. The zero-order valence-corrected chi connectivity index (χ0v) is 15.7. The molecule has 1 aromatic carbocycles. The lowest BCUT2D eigenvalue weighted by molar-refractivity contribution is -0.116. The van der Waals surface area contributed by atoms with E-state index >= 15 is 0 Å². The van der Waals surface area contributed by atoms with Crippen molar-refractivity contribution in [3.63, 3.8) is 0 Å². The maximum absolute atomic E-state index is 12.2. The highest BCUT2D eigenvalue weighted by atomic mass is 16.5. The van der Waals surface area contributed by atoms with Gasteiger partial charge in [-0.05, 0) is 36.4 Å². The Hall–Kier alpha value is -3.88. The molecule has 0 aliphatic rings. The topological polar surface area (TPSA) is 108 Å². The number of nitrogens with zero attached hydrogens (tertiary/aromatic N) is 4. The largest absolute Gasteiger partial charge is 0.486 e. The second-order valence-electron chi connectivity index (χ2n) is 6.30. The van der Waals surface area contributed by atoms with Gasteiger partial charge in [0.1, 0.15) is 18.2 Å². The lowest BCUT2D eigenvalue weighted by Crippen LogP contribution is -2.12. The van der Waals surface area contributed by atoms with Crippen LogP contribution in [0.4, 0.5) is 5.69 Å². The average molecular weight is 393 g/mol. The van der Waals surface area contributed by atoms with Crippen LogP contribution in [0.1, 0.15) is 18.1 Å². The number of amides is 1. The molecular weight excluding hydrogens is 374 g/mol. The molecule has 0 spiro atoms. The zero-order chi connectivity index (χ0) is 20.1. The molecule has 1 amide bonds. The summed E-state index contributed by atoms with van der Waals surface area (Å²) in [5, 5.41) is 6.67. The lowest BCUT2D eigenvalue weighted by atomic mass is 10.2. The van der Waals surface area contributed by atoms with Crippen molar-refractivity contribution in [2.24, 2.45) is 7.05 Å². The molecule has 0 aliphatic carbocycles. The third-order valence-corrected chi connectivity index (χ3v) is 4.20. The molecule has 29 heavy (non-hydrogen) atoms. The Bertz CT molecular complexity index is 1070. The first-order chi connectivity index (χ1) is 14.2. The maximum atomic E-state index is 12.2. The fourth-order valence-electron chi connectivity index (χ4n) is 2.62. The monoisotopic (exact) mass is 393 g/mol. The summed E-state index contributed by atoms with van der Waals surface area (Å²) in [4.78, 5) is 20.6. The van der Waals surface area contributed by atoms with Crippen molar-refractivity contribution in [3.8, 4) is 17.3 Å². The van der Waals surface area contributed by atoms with Crippen LogP contribution in [0.25, 0.3) is 11.6 Å². The van der Waals surface area contributed by atoms with Crippen molar-refractivity contribution in [2.45, 2.75) is 19.4 Å². The van der Waals surface area contributed by atoms with Crippen LogP contribution in [-0.2, 0) is 24.9 Å². The molecule has 4 aromatic rings. The molecule has 3 heterocycles. The van der Waals surface area contributed by atoms with Gasteiger partial charge in [0.25, 0.3) is 0 Å². The van der Waals surface area contributed by atoms with Crippen LogP contribution in [-0.4, -0.2) is 25.6 Å². The number of aromatic nitrogens is 4. The molecule has 0 radical (unpaired) electrons. The van der Waals surface area contributed by atoms with E-state index in [0.29, 0.717) is 41.9 Å². The quantitative estimate of drug-likeness (QED) is 0.490. The summed E-state index contributed by atoms with van der Waals surface area (Å²) < 4.78 is 18.0. The van der Waals surface area contributed by atoms with Crippen molar-refractivity contribution < 1.29 is 18.5 Å². The van der Waals surface area contributed by atoms with Crippen molar-refractivity contribution in [3.05, 3.63) is 66.8 Å². The summed E-state index contributed by atoms with van der Waals surface area (Å²) in [7, 11) is 1.91. The second-order valence-corrected chi connectivity index (χ2v) is 6.30. The third kappa shape index (κ3) is 4.70. The minimum atomic E-state index is -0.149. The summed E-state index contributed by atoms with van der Waals surface area (Å²) >= 11 is 0. The van der Waals surface area contributed by atoms with Gasteiger partial charge in [0, 0.05) is 38.0 Å². The SMILES string of the molecule is Cn1ccnc1COc1ccc(NC(=O)CCc2nc(-c3ccco3)no2)cc1. The van der Waals surface area contributed by atoms with Gasteiger partial charge >= 0.3 is 0 Å². The van der Waals surface area contributed by atoms with Crippen LogP contribution in [0.2, 0.25) is 0 Å². The highest BCUT2D eigenvalue weighted by Crippen LogP contribution is 2.18. The van der Waals surface area contributed by atoms with Crippen molar-refractivity contribution >= 4 is 11.6 Å². The standard InChI is InChI=1S/C20H19N5O4/c1-25-11-10-21-17(25)13-28-15-6-4-14(5-7-15)22-18(26)8-9-19-23-20(24-29-19)16-3-2-12-27-16/h2-7,10-12H,8-9,13H2,1H3,(H,22,26). The summed E-state index contributed by atoms with van der Waals surface area (Å²) in [6.45, 7) is 0.374. The summed E-state index contributed by atoms with van der Waals surface area (Å²) in [6, 6.07) is 10.7. The number of aryl methyl sites for hydroxylation is 2. The van der Waals surface area contributed by atoms with E-state index in [1.54, 1.807) is 42.6 Å². The van der Waals surface area contributed by atoms with Crippen LogP contribution in [0.3, 0.4) is 0 Å². The number of anilines is 1. The first-order valence-electron chi connectivity index (χ1n) is 9.03. The molecule has 9 heteroatoms. The molecule has 0 unspecified atom stereocenters. The van der Waals surface area contributed by atoms with Crippen LogP contribution in [0.15, 0.2) is 64.0 Å². The molecule has 0 bridgehead atoms. The first-order valence-corrected chi connectivity index (χ1v) is 9.03. The number of benzene rings is 1. The Balaban J connectivity index is 1.25. The molecule has 9 nitrogen and oxygen atoms in total. The van der Waals surface area contributed by atoms with Crippen molar-refractivity contribution in [1.82, 2.24) is 19.7 Å². The fourth-order valence-corrected chi connectivity index (χ4v) is 2.62. The molecule has 4 rings (SSSR count). The minimum absolute atomic E-state index is 0.149. The molecule has 1 N–H and O–H groups in total. The van der Waals surface area contributed by atoms with Crippen molar-refractivity contribution in [2.75, 3.05) is 5.32 Å². The predicted octanol–water partition coefficient (Wildman–Crippen LogP) is 3.21. The van der Waals surface area contributed by atoms with E-state index in [1.807, 2.05) is 17.8 Å². The summed E-state index contributed by atoms with van der Waals surface area (Å²) in [6.07, 6.45) is 5.68. The molecule has 0 atom stereocenters. The highest BCUT2D eigenvalue weighted by Gasteiger charge is 2.12. The van der Waals surface area contributed by atoms with Gasteiger partial charge in [-0.1, -0.05) is 5.16 Å². The van der Waals surface area contributed by atoms with Gasteiger partial charge in [-0.3, -0.25) is 4.79 Å². The number of furan rings is 1. The molecule has 0 saturated carbocycles. The Morgan fingerprint density at radius 2 is 2.10 bits per heavy atom. The van der Waals surface area contributed by atoms with Crippen molar-refractivity contribution in [1.29, 1.82) is 0 Å². The predicted molar refractivity (Wildman–Crippen MR) is 103 cm³/mol. The number of carbonyl (C=O) groups is 1.